The zero-order chi connectivity index (χ0) is 19.0. The molecule has 4 aromatic rings. The topological polar surface area (TPSA) is 69.0 Å². The predicted molar refractivity (Wildman–Crippen MR) is 107 cm³/mol. The van der Waals surface area contributed by atoms with Gasteiger partial charge >= 0.3 is 0 Å². The lowest BCUT2D eigenvalue weighted by Crippen LogP contribution is -2.12. The second kappa shape index (κ2) is 7.02. The number of rotatable bonds is 4. The maximum Gasteiger partial charge on any atom is 0.262 e. The first-order chi connectivity index (χ1) is 13.1. The molecule has 0 aliphatic carbocycles. The first-order valence-electron chi connectivity index (χ1n) is 8.13. The first-order valence-corrected chi connectivity index (χ1v) is 9.32. The predicted octanol–water partition coefficient (Wildman–Crippen LogP) is 4.70. The third-order valence-corrected chi connectivity index (χ3v) is 5.35. The monoisotopic (exact) mass is 398 g/mol. The molecule has 2 aromatic carbocycles. The molecule has 8 heteroatoms. The number of anilines is 1. The van der Waals surface area contributed by atoms with Crippen molar-refractivity contribution in [3.63, 3.8) is 0 Å². The average molecular weight is 399 g/mol. The van der Waals surface area contributed by atoms with Crippen molar-refractivity contribution in [2.45, 2.75) is 6.92 Å². The maximum absolute atomic E-state index is 12.8. The summed E-state index contributed by atoms with van der Waals surface area (Å²) in [6.45, 7) is 1.75. The lowest BCUT2D eigenvalue weighted by atomic mass is 10.2. The van der Waals surface area contributed by atoms with Gasteiger partial charge in [-0.2, -0.15) is 5.10 Å². The Labute approximate surface area is 164 Å². The Morgan fingerprint density at radius 3 is 2.74 bits per heavy atom. The van der Waals surface area contributed by atoms with Crippen LogP contribution in [0.1, 0.15) is 16.1 Å². The standard InChI is InChI=1S/C19H15ClN4O2S/c1-11-16(17(20)24(23-11)12-6-4-3-5-7-12)18(25)22-19-21-14-10-13(26-2)8-9-15(14)27-19/h3-10H,1-2H3,(H,21,22,25). The summed E-state index contributed by atoms with van der Waals surface area (Å²) < 4.78 is 7.71. The average Bonchev–Trinajstić information content (AvgIpc) is 3.21. The number of amides is 1. The van der Waals surface area contributed by atoms with Crippen molar-refractivity contribution in [1.82, 2.24) is 14.8 Å². The molecule has 1 amide bonds. The van der Waals surface area contributed by atoms with Crippen LogP contribution >= 0.6 is 22.9 Å². The van der Waals surface area contributed by atoms with Gasteiger partial charge in [0.1, 0.15) is 16.5 Å². The molecular formula is C19H15ClN4O2S. The quantitative estimate of drug-likeness (QED) is 0.540. The fourth-order valence-corrected chi connectivity index (χ4v) is 3.94. The molecule has 6 nitrogen and oxygen atoms in total. The number of para-hydroxylation sites is 1. The highest BCUT2D eigenvalue weighted by atomic mass is 35.5. The Morgan fingerprint density at radius 1 is 1.22 bits per heavy atom. The van der Waals surface area contributed by atoms with E-state index in [0.29, 0.717) is 22.1 Å². The molecule has 0 atom stereocenters. The van der Waals surface area contributed by atoms with Gasteiger partial charge in [-0.25, -0.2) is 9.67 Å². The number of aryl methyl sites for hydroxylation is 1. The van der Waals surface area contributed by atoms with Gasteiger partial charge in [0.2, 0.25) is 0 Å². The van der Waals surface area contributed by atoms with Crippen LogP contribution in [-0.4, -0.2) is 27.8 Å². The number of hydrogen-bond donors (Lipinski definition) is 1. The van der Waals surface area contributed by atoms with Crippen molar-refractivity contribution in [2.24, 2.45) is 0 Å². The molecule has 2 heterocycles. The molecule has 0 radical (unpaired) electrons. The number of thiazole rings is 1. The molecule has 0 fully saturated rings. The Balaban J connectivity index is 1.65. The highest BCUT2D eigenvalue weighted by Crippen LogP contribution is 2.30. The molecule has 0 saturated carbocycles. The van der Waals surface area contributed by atoms with Gasteiger partial charge in [-0.05, 0) is 31.2 Å². The minimum atomic E-state index is -0.342. The minimum Gasteiger partial charge on any atom is -0.497 e. The van der Waals surface area contributed by atoms with Crippen LogP contribution in [0.25, 0.3) is 15.9 Å². The van der Waals surface area contributed by atoms with Crippen molar-refractivity contribution in [1.29, 1.82) is 0 Å². The van der Waals surface area contributed by atoms with Gasteiger partial charge in [0.15, 0.2) is 5.13 Å². The van der Waals surface area contributed by atoms with Gasteiger partial charge in [-0.3, -0.25) is 10.1 Å². The number of halogens is 1. The second-order valence-electron chi connectivity index (χ2n) is 5.81. The van der Waals surface area contributed by atoms with Crippen LogP contribution in [-0.2, 0) is 0 Å². The summed E-state index contributed by atoms with van der Waals surface area (Å²) >= 11 is 7.84. The zero-order valence-corrected chi connectivity index (χ0v) is 16.1. The number of carbonyl (C=O) groups excluding carboxylic acids is 1. The highest BCUT2D eigenvalue weighted by Gasteiger charge is 2.22. The molecule has 0 bridgehead atoms. The molecule has 4 rings (SSSR count). The summed E-state index contributed by atoms with van der Waals surface area (Å²) in [6, 6.07) is 15.0. The van der Waals surface area contributed by atoms with Crippen LogP contribution in [0.15, 0.2) is 48.5 Å². The second-order valence-corrected chi connectivity index (χ2v) is 7.19. The van der Waals surface area contributed by atoms with E-state index in [0.717, 1.165) is 15.9 Å². The maximum atomic E-state index is 12.8. The Hall–Kier alpha value is -2.90. The summed E-state index contributed by atoms with van der Waals surface area (Å²) in [5, 5.41) is 7.98. The molecule has 27 heavy (non-hydrogen) atoms. The third-order valence-electron chi connectivity index (χ3n) is 4.05. The van der Waals surface area contributed by atoms with E-state index in [1.807, 2.05) is 48.5 Å². The van der Waals surface area contributed by atoms with E-state index in [4.69, 9.17) is 16.3 Å². The van der Waals surface area contributed by atoms with E-state index < -0.39 is 0 Å². The largest absolute Gasteiger partial charge is 0.497 e. The Morgan fingerprint density at radius 2 is 2.00 bits per heavy atom. The minimum absolute atomic E-state index is 0.263. The van der Waals surface area contributed by atoms with E-state index in [9.17, 15) is 4.79 Å². The van der Waals surface area contributed by atoms with Gasteiger partial charge in [-0.15, -0.1) is 0 Å². The molecule has 136 valence electrons. The molecule has 0 aliphatic heterocycles. The van der Waals surface area contributed by atoms with Crippen LogP contribution in [0.2, 0.25) is 5.15 Å². The van der Waals surface area contributed by atoms with E-state index in [2.05, 4.69) is 15.4 Å². The highest BCUT2D eigenvalue weighted by molar-refractivity contribution is 7.22. The zero-order valence-electron chi connectivity index (χ0n) is 14.6. The lowest BCUT2D eigenvalue weighted by molar-refractivity contribution is 0.102. The lowest BCUT2D eigenvalue weighted by Gasteiger charge is -2.03. The van der Waals surface area contributed by atoms with Crippen LogP contribution in [0.3, 0.4) is 0 Å². The van der Waals surface area contributed by atoms with Crippen molar-refractivity contribution in [3.05, 3.63) is 64.9 Å². The molecule has 0 aliphatic rings. The molecule has 2 aromatic heterocycles. The van der Waals surface area contributed by atoms with E-state index in [1.54, 1.807) is 18.7 Å². The smallest absolute Gasteiger partial charge is 0.262 e. The number of benzene rings is 2. The summed E-state index contributed by atoms with van der Waals surface area (Å²) in [6.07, 6.45) is 0. The number of hydrogen-bond acceptors (Lipinski definition) is 5. The van der Waals surface area contributed by atoms with Crippen LogP contribution < -0.4 is 10.1 Å². The van der Waals surface area contributed by atoms with Crippen molar-refractivity contribution < 1.29 is 9.53 Å². The summed E-state index contributed by atoms with van der Waals surface area (Å²) in [7, 11) is 1.60. The summed E-state index contributed by atoms with van der Waals surface area (Å²) in [4.78, 5) is 17.2. The number of methoxy groups -OCH3 is 1. The van der Waals surface area contributed by atoms with Gasteiger partial charge < -0.3 is 4.74 Å². The fraction of sp³-hybridized carbons (Fsp3) is 0.105. The Bertz CT molecular complexity index is 1140. The van der Waals surface area contributed by atoms with Crippen molar-refractivity contribution in [2.75, 3.05) is 12.4 Å². The number of ether oxygens (including phenoxy) is 1. The van der Waals surface area contributed by atoms with Gasteiger partial charge in [0.25, 0.3) is 5.91 Å². The van der Waals surface area contributed by atoms with Crippen molar-refractivity contribution in [3.8, 4) is 11.4 Å². The SMILES string of the molecule is COc1ccc2sc(NC(=O)c3c(C)nn(-c4ccccc4)c3Cl)nc2c1. The van der Waals surface area contributed by atoms with Crippen LogP contribution in [0, 0.1) is 6.92 Å². The number of nitrogens with one attached hydrogen (secondary N) is 1. The molecule has 1 N–H and O–H groups in total. The molecule has 0 spiro atoms. The van der Waals surface area contributed by atoms with Crippen LogP contribution in [0.4, 0.5) is 5.13 Å². The third kappa shape index (κ3) is 3.27. The molecule has 0 saturated heterocycles. The molecule has 0 unspecified atom stereocenters. The normalized spacial score (nSPS) is 10.9. The summed E-state index contributed by atoms with van der Waals surface area (Å²) in [5.74, 6) is 0.374. The van der Waals surface area contributed by atoms with Gasteiger partial charge in [0, 0.05) is 6.07 Å². The Kier molecular flexibility index (Phi) is 4.55. The van der Waals surface area contributed by atoms with Gasteiger partial charge in [-0.1, -0.05) is 41.1 Å². The van der Waals surface area contributed by atoms with E-state index in [1.165, 1.54) is 11.3 Å². The van der Waals surface area contributed by atoms with Gasteiger partial charge in [0.05, 0.1) is 28.7 Å². The van der Waals surface area contributed by atoms with E-state index in [-0.39, 0.29) is 11.1 Å². The number of aromatic nitrogens is 3. The fourth-order valence-electron chi connectivity index (χ4n) is 2.74. The van der Waals surface area contributed by atoms with E-state index >= 15 is 0 Å². The summed E-state index contributed by atoms with van der Waals surface area (Å²) in [5.41, 5.74) is 2.43. The number of nitrogens with zero attached hydrogens (tertiary/aromatic N) is 3. The number of carbonyl (C=O) groups is 1. The number of fused-ring (bicyclic) bond motifs is 1. The van der Waals surface area contributed by atoms with Crippen LogP contribution in [0.5, 0.6) is 5.75 Å². The van der Waals surface area contributed by atoms with Crippen molar-refractivity contribution >= 4 is 44.2 Å². The molecular weight excluding hydrogens is 384 g/mol. The first kappa shape index (κ1) is 17.5.